The molecule has 3 aromatic rings. The lowest BCUT2D eigenvalue weighted by molar-refractivity contribution is -0.139. The minimum atomic E-state index is -4.35. The molecule has 0 aliphatic heterocycles. The molecule has 0 saturated heterocycles. The third-order valence-corrected chi connectivity index (χ3v) is 7.72. The van der Waals surface area contributed by atoms with E-state index in [1.807, 2.05) is 6.07 Å². The van der Waals surface area contributed by atoms with E-state index in [0.29, 0.717) is 5.75 Å². The summed E-state index contributed by atoms with van der Waals surface area (Å²) in [5.74, 6) is -1.10. The molecular weight excluding hydrogens is 513 g/mol. The first-order chi connectivity index (χ1) is 18.1. The van der Waals surface area contributed by atoms with Crippen LogP contribution in [0.15, 0.2) is 77.7 Å². The minimum Gasteiger partial charge on any atom is -0.493 e. The Bertz CT molecular complexity index is 1370. The van der Waals surface area contributed by atoms with Crippen molar-refractivity contribution in [3.63, 3.8) is 0 Å². The van der Waals surface area contributed by atoms with Crippen LogP contribution in [0.5, 0.6) is 11.5 Å². The van der Waals surface area contributed by atoms with Crippen molar-refractivity contribution < 1.29 is 31.9 Å². The highest BCUT2D eigenvalue weighted by molar-refractivity contribution is 7.92. The van der Waals surface area contributed by atoms with Crippen molar-refractivity contribution in [2.24, 2.45) is 0 Å². The van der Waals surface area contributed by atoms with Crippen LogP contribution in [0, 0.1) is 5.82 Å². The maximum Gasteiger partial charge on any atom is 0.264 e. The van der Waals surface area contributed by atoms with Gasteiger partial charge in [-0.25, -0.2) is 12.8 Å². The first kappa shape index (κ1) is 28.5. The van der Waals surface area contributed by atoms with Gasteiger partial charge in [0.1, 0.15) is 18.4 Å². The van der Waals surface area contributed by atoms with Crippen LogP contribution in [0.4, 0.5) is 10.1 Å². The second-order valence-corrected chi connectivity index (χ2v) is 10.2. The SMILES string of the molecule is CNC(=O)[C@H](C)N(Cc1ccccc1)C(=O)CN(c1ccc(F)cc1)S(=O)(=O)c1ccc(OC)c(OC)c1. The van der Waals surface area contributed by atoms with E-state index in [1.165, 1.54) is 56.5 Å². The fraction of sp³-hybridized carbons (Fsp3) is 0.259. The monoisotopic (exact) mass is 543 g/mol. The van der Waals surface area contributed by atoms with Gasteiger partial charge in [0.25, 0.3) is 10.0 Å². The van der Waals surface area contributed by atoms with Gasteiger partial charge in [-0.3, -0.25) is 13.9 Å². The molecule has 0 aliphatic rings. The Morgan fingerprint density at radius 3 is 2.16 bits per heavy atom. The van der Waals surface area contributed by atoms with Gasteiger partial charge in [0, 0.05) is 19.7 Å². The van der Waals surface area contributed by atoms with Crippen LogP contribution in [0.2, 0.25) is 0 Å². The van der Waals surface area contributed by atoms with Crippen molar-refractivity contribution in [3.8, 4) is 11.5 Å². The van der Waals surface area contributed by atoms with Crippen molar-refractivity contribution in [1.29, 1.82) is 0 Å². The Morgan fingerprint density at radius 1 is 0.947 bits per heavy atom. The topological polar surface area (TPSA) is 105 Å². The Hall–Kier alpha value is -4.12. The van der Waals surface area contributed by atoms with E-state index in [1.54, 1.807) is 31.2 Å². The lowest BCUT2D eigenvalue weighted by atomic mass is 10.1. The van der Waals surface area contributed by atoms with Crippen LogP contribution in [0.1, 0.15) is 12.5 Å². The second kappa shape index (κ2) is 12.4. The van der Waals surface area contributed by atoms with Gasteiger partial charge in [0.05, 0.1) is 24.8 Å². The number of methoxy groups -OCH3 is 2. The Kier molecular flexibility index (Phi) is 9.30. The Morgan fingerprint density at radius 2 is 1.58 bits per heavy atom. The van der Waals surface area contributed by atoms with Gasteiger partial charge < -0.3 is 19.7 Å². The Labute approximate surface area is 221 Å². The van der Waals surface area contributed by atoms with Crippen molar-refractivity contribution in [3.05, 3.63) is 84.2 Å². The van der Waals surface area contributed by atoms with Crippen molar-refractivity contribution in [2.45, 2.75) is 24.4 Å². The molecule has 9 nitrogen and oxygen atoms in total. The fourth-order valence-electron chi connectivity index (χ4n) is 3.81. The number of benzene rings is 3. The quantitative estimate of drug-likeness (QED) is 0.398. The van der Waals surface area contributed by atoms with Crippen LogP contribution < -0.4 is 19.1 Å². The number of anilines is 1. The van der Waals surface area contributed by atoms with Crippen LogP contribution in [-0.2, 0) is 26.2 Å². The fourth-order valence-corrected chi connectivity index (χ4v) is 5.24. The zero-order valence-electron chi connectivity index (χ0n) is 21.5. The average Bonchev–Trinajstić information content (AvgIpc) is 2.94. The predicted molar refractivity (Wildman–Crippen MR) is 141 cm³/mol. The number of nitrogens with zero attached hydrogens (tertiary/aromatic N) is 2. The molecule has 0 aliphatic carbocycles. The molecule has 0 aromatic heterocycles. The average molecular weight is 544 g/mol. The molecule has 0 spiro atoms. The minimum absolute atomic E-state index is 0.0711. The molecule has 0 saturated carbocycles. The van der Waals surface area contributed by atoms with E-state index >= 15 is 0 Å². The summed E-state index contributed by atoms with van der Waals surface area (Å²) in [5.41, 5.74) is 0.828. The number of nitrogens with one attached hydrogen (secondary N) is 1. The van der Waals surface area contributed by atoms with E-state index in [2.05, 4.69) is 5.32 Å². The van der Waals surface area contributed by atoms with Crippen molar-refractivity contribution in [2.75, 3.05) is 32.1 Å². The van der Waals surface area contributed by atoms with Crippen LogP contribution in [-0.4, -0.2) is 59.0 Å². The van der Waals surface area contributed by atoms with Gasteiger partial charge in [0.15, 0.2) is 11.5 Å². The van der Waals surface area contributed by atoms with Gasteiger partial charge in [-0.05, 0) is 48.9 Å². The van der Waals surface area contributed by atoms with Crippen molar-refractivity contribution >= 4 is 27.5 Å². The van der Waals surface area contributed by atoms with Crippen LogP contribution >= 0.6 is 0 Å². The largest absolute Gasteiger partial charge is 0.493 e. The van der Waals surface area contributed by atoms with Gasteiger partial charge in [-0.2, -0.15) is 0 Å². The third-order valence-electron chi connectivity index (χ3n) is 5.95. The van der Waals surface area contributed by atoms with Gasteiger partial charge in [0.2, 0.25) is 11.8 Å². The normalized spacial score (nSPS) is 11.8. The van der Waals surface area contributed by atoms with Gasteiger partial charge in [-0.15, -0.1) is 0 Å². The summed E-state index contributed by atoms with van der Waals surface area (Å²) in [7, 11) is -0.102. The molecule has 11 heteroatoms. The molecular formula is C27H30FN3O6S. The molecule has 0 bridgehead atoms. The predicted octanol–water partition coefficient (Wildman–Crippen LogP) is 3.20. The maximum absolute atomic E-state index is 13.8. The second-order valence-electron chi connectivity index (χ2n) is 8.30. The molecule has 38 heavy (non-hydrogen) atoms. The summed E-state index contributed by atoms with van der Waals surface area (Å²) in [6, 6.07) is 16.9. The summed E-state index contributed by atoms with van der Waals surface area (Å²) < 4.78 is 52.7. The summed E-state index contributed by atoms with van der Waals surface area (Å²) >= 11 is 0. The molecule has 202 valence electrons. The molecule has 1 atom stereocenters. The van der Waals surface area contributed by atoms with E-state index < -0.39 is 40.2 Å². The van der Waals surface area contributed by atoms with Crippen molar-refractivity contribution in [1.82, 2.24) is 10.2 Å². The van der Waals surface area contributed by atoms with E-state index in [4.69, 9.17) is 9.47 Å². The summed E-state index contributed by atoms with van der Waals surface area (Å²) in [6.45, 7) is 0.989. The lowest BCUT2D eigenvalue weighted by Crippen LogP contribution is -2.50. The van der Waals surface area contributed by atoms with Crippen LogP contribution in [0.3, 0.4) is 0 Å². The highest BCUT2D eigenvalue weighted by Gasteiger charge is 2.32. The van der Waals surface area contributed by atoms with Crippen LogP contribution in [0.25, 0.3) is 0 Å². The molecule has 2 amide bonds. The number of hydrogen-bond donors (Lipinski definition) is 1. The number of carbonyl (C=O) groups is 2. The van der Waals surface area contributed by atoms with Gasteiger partial charge >= 0.3 is 0 Å². The maximum atomic E-state index is 13.8. The number of amides is 2. The Balaban J connectivity index is 2.06. The summed E-state index contributed by atoms with van der Waals surface area (Å²) in [5, 5.41) is 2.52. The number of hydrogen-bond acceptors (Lipinski definition) is 6. The molecule has 0 heterocycles. The lowest BCUT2D eigenvalue weighted by Gasteiger charge is -2.31. The van der Waals surface area contributed by atoms with E-state index in [9.17, 15) is 22.4 Å². The number of sulfonamides is 1. The van der Waals surface area contributed by atoms with E-state index in [-0.39, 0.29) is 22.9 Å². The zero-order chi connectivity index (χ0) is 27.9. The summed E-state index contributed by atoms with van der Waals surface area (Å²) in [6.07, 6.45) is 0. The molecule has 3 aromatic carbocycles. The third kappa shape index (κ3) is 6.41. The number of halogens is 1. The first-order valence-corrected chi connectivity index (χ1v) is 13.1. The molecule has 1 N–H and O–H groups in total. The van der Waals surface area contributed by atoms with E-state index in [0.717, 1.165) is 22.0 Å². The van der Waals surface area contributed by atoms with Gasteiger partial charge in [-0.1, -0.05) is 30.3 Å². The number of carbonyl (C=O) groups excluding carboxylic acids is 2. The zero-order valence-corrected chi connectivity index (χ0v) is 22.4. The summed E-state index contributed by atoms with van der Waals surface area (Å²) in [4.78, 5) is 27.3. The number of ether oxygens (including phenoxy) is 2. The molecule has 0 unspecified atom stereocenters. The molecule has 0 fully saturated rings. The smallest absolute Gasteiger partial charge is 0.264 e. The molecule has 0 radical (unpaired) electrons. The first-order valence-electron chi connectivity index (χ1n) is 11.7. The molecule has 3 rings (SSSR count). The highest BCUT2D eigenvalue weighted by Crippen LogP contribution is 2.32. The standard InChI is InChI=1S/C27H30FN3O6S/c1-19(27(33)29-2)30(17-20-8-6-5-7-9-20)26(32)18-31(22-12-10-21(28)11-13-22)38(34,35)23-14-15-24(36-3)25(16-23)37-4/h5-16,19H,17-18H2,1-4H3,(H,29,33)/t19-/m0/s1. The highest BCUT2D eigenvalue weighted by atomic mass is 32.2. The number of likely N-dealkylation sites (N-methyl/N-ethyl adjacent to an activating group) is 1. The number of rotatable bonds is 11.